The highest BCUT2D eigenvalue weighted by atomic mass is 16.5. The average molecular weight is 284 g/mol. The summed E-state index contributed by atoms with van der Waals surface area (Å²) in [5.41, 5.74) is 2.61. The van der Waals surface area contributed by atoms with Crippen LogP contribution in [0, 0.1) is 0 Å². The van der Waals surface area contributed by atoms with Crippen molar-refractivity contribution in [3.8, 4) is 5.75 Å². The van der Waals surface area contributed by atoms with Crippen LogP contribution in [0.2, 0.25) is 0 Å². The predicted molar refractivity (Wildman–Crippen MR) is 87.9 cm³/mol. The third-order valence-electron chi connectivity index (χ3n) is 3.47. The van der Waals surface area contributed by atoms with Gasteiger partial charge in [0.25, 0.3) is 0 Å². The summed E-state index contributed by atoms with van der Waals surface area (Å²) in [6.07, 6.45) is 3.84. The monoisotopic (exact) mass is 284 g/mol. The van der Waals surface area contributed by atoms with E-state index >= 15 is 0 Å². The van der Waals surface area contributed by atoms with Gasteiger partial charge in [-0.15, -0.1) is 0 Å². The first-order valence-corrected chi connectivity index (χ1v) is 7.67. The van der Waals surface area contributed by atoms with Gasteiger partial charge in [-0.2, -0.15) is 0 Å². The summed E-state index contributed by atoms with van der Waals surface area (Å²) in [5, 5.41) is 3.44. The van der Waals surface area contributed by atoms with Gasteiger partial charge in [-0.05, 0) is 43.0 Å². The van der Waals surface area contributed by atoms with Crippen molar-refractivity contribution in [3.63, 3.8) is 0 Å². The van der Waals surface area contributed by atoms with Gasteiger partial charge in [0.15, 0.2) is 11.6 Å². The molecule has 1 heterocycles. The van der Waals surface area contributed by atoms with E-state index in [2.05, 4.69) is 55.3 Å². The molecule has 1 atom stereocenters. The highest BCUT2D eigenvalue weighted by Gasteiger charge is 2.10. The number of ether oxygens (including phenoxy) is 1. The minimum absolute atomic E-state index is 0.190. The highest BCUT2D eigenvalue weighted by molar-refractivity contribution is 5.51. The van der Waals surface area contributed by atoms with E-state index in [4.69, 9.17) is 4.74 Å². The largest absolute Gasteiger partial charge is 0.490 e. The molecule has 2 aromatic rings. The van der Waals surface area contributed by atoms with E-state index in [-0.39, 0.29) is 6.04 Å². The van der Waals surface area contributed by atoms with Gasteiger partial charge in [0.2, 0.25) is 0 Å². The van der Waals surface area contributed by atoms with Gasteiger partial charge in [0.1, 0.15) is 0 Å². The molecule has 0 aliphatic rings. The molecule has 0 aliphatic heterocycles. The molecule has 2 rings (SSSR count). The maximum Gasteiger partial charge on any atom is 0.169 e. The first-order valence-electron chi connectivity index (χ1n) is 7.67. The molecule has 0 radical (unpaired) electrons. The first kappa shape index (κ1) is 15.4. The van der Waals surface area contributed by atoms with Gasteiger partial charge in [0, 0.05) is 6.20 Å². The van der Waals surface area contributed by atoms with Crippen LogP contribution in [0.5, 0.6) is 5.75 Å². The number of anilines is 1. The number of nitrogens with one attached hydrogen (secondary N) is 1. The third kappa shape index (κ3) is 4.22. The van der Waals surface area contributed by atoms with Gasteiger partial charge < -0.3 is 10.1 Å². The van der Waals surface area contributed by atoms with E-state index in [1.807, 2.05) is 12.1 Å². The van der Waals surface area contributed by atoms with Crippen LogP contribution in [0.25, 0.3) is 0 Å². The van der Waals surface area contributed by atoms with E-state index in [9.17, 15) is 0 Å². The fourth-order valence-electron chi connectivity index (χ4n) is 2.16. The fraction of sp³-hybridized carbons (Fsp3) is 0.389. The second-order valence-electron chi connectivity index (χ2n) is 5.16. The van der Waals surface area contributed by atoms with Crippen molar-refractivity contribution in [2.45, 2.75) is 39.7 Å². The van der Waals surface area contributed by atoms with E-state index in [1.165, 1.54) is 11.1 Å². The van der Waals surface area contributed by atoms with Gasteiger partial charge >= 0.3 is 0 Å². The minimum atomic E-state index is 0.190. The molecule has 0 fully saturated rings. The van der Waals surface area contributed by atoms with Crippen LogP contribution < -0.4 is 10.1 Å². The molecule has 0 saturated heterocycles. The molecule has 21 heavy (non-hydrogen) atoms. The maximum absolute atomic E-state index is 5.73. The van der Waals surface area contributed by atoms with Crippen LogP contribution in [-0.4, -0.2) is 11.6 Å². The number of rotatable bonds is 7. The number of nitrogens with zero attached hydrogens (tertiary/aromatic N) is 1. The topological polar surface area (TPSA) is 34.1 Å². The molecular formula is C18H24N2O. The van der Waals surface area contributed by atoms with Gasteiger partial charge in [-0.25, -0.2) is 4.98 Å². The minimum Gasteiger partial charge on any atom is -0.490 e. The predicted octanol–water partition coefficient (Wildman–Crippen LogP) is 4.61. The second-order valence-corrected chi connectivity index (χ2v) is 5.16. The molecule has 0 saturated carbocycles. The Morgan fingerprint density at radius 1 is 1.14 bits per heavy atom. The molecular weight excluding hydrogens is 260 g/mol. The number of pyridine rings is 1. The molecule has 0 spiro atoms. The summed E-state index contributed by atoms with van der Waals surface area (Å²) in [7, 11) is 0. The van der Waals surface area contributed by atoms with Gasteiger partial charge in [-0.3, -0.25) is 0 Å². The van der Waals surface area contributed by atoms with Crippen molar-refractivity contribution in [1.82, 2.24) is 4.98 Å². The Bertz CT molecular complexity index is 551. The number of aryl methyl sites for hydroxylation is 1. The molecule has 1 unspecified atom stereocenters. The lowest BCUT2D eigenvalue weighted by molar-refractivity contribution is 0.317. The van der Waals surface area contributed by atoms with Crippen LogP contribution in [0.3, 0.4) is 0 Å². The molecule has 0 bridgehead atoms. The summed E-state index contributed by atoms with van der Waals surface area (Å²) in [6.45, 7) is 7.11. The van der Waals surface area contributed by atoms with Gasteiger partial charge in [0.05, 0.1) is 12.6 Å². The molecule has 1 aromatic heterocycles. The quantitative estimate of drug-likeness (QED) is 0.806. The van der Waals surface area contributed by atoms with Crippen LogP contribution in [0.4, 0.5) is 5.82 Å². The zero-order chi connectivity index (χ0) is 15.1. The summed E-state index contributed by atoms with van der Waals surface area (Å²) in [5.74, 6) is 1.62. The number of hydrogen-bond donors (Lipinski definition) is 1. The molecule has 0 aliphatic carbocycles. The molecule has 1 aromatic carbocycles. The summed E-state index contributed by atoms with van der Waals surface area (Å²) >= 11 is 0. The SMILES string of the molecule is CCCOc1cccnc1NC(C)c1ccc(CC)cc1. The van der Waals surface area contributed by atoms with Crippen LogP contribution in [-0.2, 0) is 6.42 Å². The fourth-order valence-corrected chi connectivity index (χ4v) is 2.16. The van der Waals surface area contributed by atoms with Crippen LogP contribution in [0.1, 0.15) is 44.4 Å². The van der Waals surface area contributed by atoms with Gasteiger partial charge in [-0.1, -0.05) is 38.1 Å². The standard InChI is InChI=1S/C18H24N2O/c1-4-13-21-17-7-6-12-19-18(17)20-14(3)16-10-8-15(5-2)9-11-16/h6-12,14H,4-5,13H2,1-3H3,(H,19,20). The van der Waals surface area contributed by atoms with Crippen molar-refractivity contribution in [1.29, 1.82) is 0 Å². The maximum atomic E-state index is 5.73. The Labute approximate surface area is 127 Å². The van der Waals surface area contributed by atoms with E-state index in [1.54, 1.807) is 6.20 Å². The molecule has 112 valence electrons. The Balaban J connectivity index is 2.09. The summed E-state index contributed by atoms with van der Waals surface area (Å²) < 4.78 is 5.73. The Hall–Kier alpha value is -2.03. The average Bonchev–Trinajstić information content (AvgIpc) is 2.54. The Morgan fingerprint density at radius 2 is 1.90 bits per heavy atom. The van der Waals surface area contributed by atoms with Crippen molar-refractivity contribution >= 4 is 5.82 Å². The zero-order valence-corrected chi connectivity index (χ0v) is 13.1. The lowest BCUT2D eigenvalue weighted by Gasteiger charge is -2.18. The molecule has 3 heteroatoms. The van der Waals surface area contributed by atoms with Crippen molar-refractivity contribution in [3.05, 3.63) is 53.7 Å². The third-order valence-corrected chi connectivity index (χ3v) is 3.47. The summed E-state index contributed by atoms with van der Waals surface area (Å²) in [4.78, 5) is 4.39. The number of benzene rings is 1. The molecule has 1 N–H and O–H groups in total. The Morgan fingerprint density at radius 3 is 2.57 bits per heavy atom. The number of aromatic nitrogens is 1. The normalized spacial score (nSPS) is 12.0. The van der Waals surface area contributed by atoms with Crippen molar-refractivity contribution in [2.75, 3.05) is 11.9 Å². The lowest BCUT2D eigenvalue weighted by atomic mass is 10.1. The van der Waals surface area contributed by atoms with Crippen LogP contribution >= 0.6 is 0 Å². The smallest absolute Gasteiger partial charge is 0.169 e. The zero-order valence-electron chi connectivity index (χ0n) is 13.1. The first-order chi connectivity index (χ1) is 10.2. The number of hydrogen-bond acceptors (Lipinski definition) is 3. The Kier molecular flexibility index (Phi) is 5.61. The molecule has 0 amide bonds. The lowest BCUT2D eigenvalue weighted by Crippen LogP contribution is -2.10. The highest BCUT2D eigenvalue weighted by Crippen LogP contribution is 2.26. The second kappa shape index (κ2) is 7.67. The molecule has 3 nitrogen and oxygen atoms in total. The van der Waals surface area contributed by atoms with E-state index in [0.29, 0.717) is 6.61 Å². The van der Waals surface area contributed by atoms with E-state index < -0.39 is 0 Å². The van der Waals surface area contributed by atoms with E-state index in [0.717, 1.165) is 24.4 Å². The van der Waals surface area contributed by atoms with Crippen LogP contribution in [0.15, 0.2) is 42.6 Å². The van der Waals surface area contributed by atoms with Crippen molar-refractivity contribution in [2.24, 2.45) is 0 Å². The summed E-state index contributed by atoms with van der Waals surface area (Å²) in [6, 6.07) is 12.8. The van der Waals surface area contributed by atoms with Crippen molar-refractivity contribution < 1.29 is 4.74 Å².